The number of nitrogens with two attached hydrogens (primary N) is 1. The van der Waals surface area contributed by atoms with Crippen molar-refractivity contribution in [2.75, 3.05) is 7.05 Å². The third-order valence-corrected chi connectivity index (χ3v) is 3.31. The summed E-state index contributed by atoms with van der Waals surface area (Å²) in [5.41, 5.74) is 8.62. The quantitative estimate of drug-likeness (QED) is 0.801. The lowest BCUT2D eigenvalue weighted by atomic mass is 9.94. The summed E-state index contributed by atoms with van der Waals surface area (Å²) in [7, 11) is 1.95. The Hall–Kier alpha value is -0.860. The van der Waals surface area contributed by atoms with E-state index in [0.29, 0.717) is 5.92 Å². The topological polar surface area (TPSA) is 38.0 Å². The number of hydrogen-bond donors (Lipinski definition) is 2. The van der Waals surface area contributed by atoms with E-state index in [1.165, 1.54) is 17.5 Å². The summed E-state index contributed by atoms with van der Waals surface area (Å²) in [6.07, 6.45) is 1.18. The lowest BCUT2D eigenvalue weighted by molar-refractivity contribution is 0.503. The first kappa shape index (κ1) is 13.2. The van der Waals surface area contributed by atoms with E-state index in [-0.39, 0.29) is 12.1 Å². The van der Waals surface area contributed by atoms with Crippen molar-refractivity contribution < 1.29 is 0 Å². The van der Waals surface area contributed by atoms with Gasteiger partial charge in [-0.2, -0.15) is 0 Å². The first-order chi connectivity index (χ1) is 7.60. The van der Waals surface area contributed by atoms with Crippen LogP contribution >= 0.6 is 0 Å². The van der Waals surface area contributed by atoms with Crippen LogP contribution in [0.1, 0.15) is 50.3 Å². The zero-order valence-electron chi connectivity index (χ0n) is 10.8. The molecule has 2 nitrogen and oxygen atoms in total. The predicted molar refractivity (Wildman–Crippen MR) is 70.6 cm³/mol. The monoisotopic (exact) mass is 220 g/mol. The van der Waals surface area contributed by atoms with Crippen molar-refractivity contribution in [3.63, 3.8) is 0 Å². The summed E-state index contributed by atoms with van der Waals surface area (Å²) in [6.45, 7) is 6.51. The Morgan fingerprint density at radius 3 is 2.00 bits per heavy atom. The highest BCUT2D eigenvalue weighted by atomic mass is 14.9. The van der Waals surface area contributed by atoms with Crippen LogP contribution in [0.15, 0.2) is 24.3 Å². The Balaban J connectivity index is 2.85. The second-order valence-electron chi connectivity index (χ2n) is 4.60. The van der Waals surface area contributed by atoms with Gasteiger partial charge in [-0.1, -0.05) is 38.1 Å². The largest absolute Gasteiger partial charge is 0.326 e. The molecule has 0 aliphatic heterocycles. The molecule has 1 rings (SSSR count). The predicted octanol–water partition coefficient (Wildman–Crippen LogP) is 2.81. The fourth-order valence-corrected chi connectivity index (χ4v) is 2.00. The van der Waals surface area contributed by atoms with Gasteiger partial charge in [-0.15, -0.1) is 0 Å². The first-order valence-electron chi connectivity index (χ1n) is 6.12. The smallest absolute Gasteiger partial charge is 0.0468 e. The van der Waals surface area contributed by atoms with Gasteiger partial charge in [0.1, 0.15) is 0 Å². The van der Waals surface area contributed by atoms with Crippen molar-refractivity contribution in [2.24, 2.45) is 5.73 Å². The molecule has 90 valence electrons. The molecule has 0 aliphatic carbocycles. The average molecular weight is 220 g/mol. The lowest BCUT2D eigenvalue weighted by Gasteiger charge is -2.21. The first-order valence-corrected chi connectivity index (χ1v) is 6.12. The number of nitrogens with one attached hydrogen (secondary N) is 1. The maximum Gasteiger partial charge on any atom is 0.0468 e. The molecule has 0 spiro atoms. The van der Waals surface area contributed by atoms with E-state index in [4.69, 9.17) is 5.73 Å². The summed E-state index contributed by atoms with van der Waals surface area (Å²) < 4.78 is 0. The van der Waals surface area contributed by atoms with Crippen LogP contribution in [-0.2, 0) is 0 Å². The van der Waals surface area contributed by atoms with E-state index in [0.717, 1.165) is 0 Å². The van der Waals surface area contributed by atoms with Gasteiger partial charge in [0, 0.05) is 12.1 Å². The van der Waals surface area contributed by atoms with E-state index in [9.17, 15) is 0 Å². The molecule has 1 aromatic rings. The van der Waals surface area contributed by atoms with Crippen LogP contribution in [0.3, 0.4) is 0 Å². The molecule has 0 radical (unpaired) electrons. The Kier molecular flexibility index (Phi) is 4.97. The Labute approximate surface area is 99.2 Å². The maximum absolute atomic E-state index is 5.94. The second-order valence-corrected chi connectivity index (χ2v) is 4.60. The lowest BCUT2D eigenvalue weighted by Crippen LogP contribution is -2.33. The molecule has 16 heavy (non-hydrogen) atoms. The number of benzene rings is 1. The maximum atomic E-state index is 5.94. The number of likely N-dealkylation sites (N-methyl/N-ethyl adjacent to an activating group) is 1. The summed E-state index contributed by atoms with van der Waals surface area (Å²) in [4.78, 5) is 0. The molecular weight excluding hydrogens is 196 g/mol. The van der Waals surface area contributed by atoms with Crippen LogP contribution in [0.25, 0.3) is 0 Å². The zero-order valence-corrected chi connectivity index (χ0v) is 10.8. The summed E-state index contributed by atoms with van der Waals surface area (Å²) >= 11 is 0. The van der Waals surface area contributed by atoms with Crippen molar-refractivity contribution in [1.29, 1.82) is 0 Å². The van der Waals surface area contributed by atoms with Crippen molar-refractivity contribution >= 4 is 0 Å². The van der Waals surface area contributed by atoms with E-state index in [2.05, 4.69) is 43.4 Å². The second kappa shape index (κ2) is 6.02. The summed E-state index contributed by atoms with van der Waals surface area (Å²) in [6, 6.07) is 9.18. The SMILES string of the molecule is CCC(C)c1ccc(C(NC)C(C)N)cc1. The summed E-state index contributed by atoms with van der Waals surface area (Å²) in [5, 5.41) is 3.26. The molecule has 3 unspecified atom stereocenters. The molecule has 0 aliphatic rings. The van der Waals surface area contributed by atoms with Crippen molar-refractivity contribution in [1.82, 2.24) is 5.32 Å². The fourth-order valence-electron chi connectivity index (χ4n) is 2.00. The number of hydrogen-bond acceptors (Lipinski definition) is 2. The van der Waals surface area contributed by atoms with Gasteiger partial charge in [-0.05, 0) is 37.4 Å². The van der Waals surface area contributed by atoms with Crippen LogP contribution in [-0.4, -0.2) is 13.1 Å². The van der Waals surface area contributed by atoms with Gasteiger partial charge in [0.2, 0.25) is 0 Å². The van der Waals surface area contributed by atoms with Crippen LogP contribution in [0.2, 0.25) is 0 Å². The minimum Gasteiger partial charge on any atom is -0.326 e. The van der Waals surface area contributed by atoms with Crippen molar-refractivity contribution in [3.8, 4) is 0 Å². The van der Waals surface area contributed by atoms with Crippen molar-refractivity contribution in [2.45, 2.75) is 45.2 Å². The molecule has 1 aromatic carbocycles. The van der Waals surface area contributed by atoms with E-state index in [1.54, 1.807) is 0 Å². The third kappa shape index (κ3) is 3.06. The number of rotatable bonds is 5. The van der Waals surface area contributed by atoms with Gasteiger partial charge in [-0.25, -0.2) is 0 Å². The Morgan fingerprint density at radius 2 is 1.62 bits per heavy atom. The van der Waals surface area contributed by atoms with Crippen molar-refractivity contribution in [3.05, 3.63) is 35.4 Å². The Bertz CT molecular complexity index is 303. The molecule has 0 saturated heterocycles. The molecule has 0 amide bonds. The minimum absolute atomic E-state index is 0.124. The average Bonchev–Trinajstić information content (AvgIpc) is 2.29. The molecule has 0 heterocycles. The normalized spacial score (nSPS) is 16.8. The standard InChI is InChI=1S/C14H24N2/c1-5-10(2)12-6-8-13(9-7-12)14(16-4)11(3)15/h6-11,14,16H,5,15H2,1-4H3. The zero-order chi connectivity index (χ0) is 12.1. The Morgan fingerprint density at radius 1 is 1.12 bits per heavy atom. The van der Waals surface area contributed by atoms with E-state index >= 15 is 0 Å². The molecule has 0 saturated carbocycles. The molecule has 2 heteroatoms. The van der Waals surface area contributed by atoms with E-state index < -0.39 is 0 Å². The van der Waals surface area contributed by atoms with Crippen LogP contribution in [0.5, 0.6) is 0 Å². The van der Waals surface area contributed by atoms with Crippen LogP contribution < -0.4 is 11.1 Å². The van der Waals surface area contributed by atoms with Gasteiger partial charge in [0.15, 0.2) is 0 Å². The van der Waals surface area contributed by atoms with Gasteiger partial charge >= 0.3 is 0 Å². The van der Waals surface area contributed by atoms with Gasteiger partial charge in [0.05, 0.1) is 0 Å². The molecule has 0 fully saturated rings. The fraction of sp³-hybridized carbons (Fsp3) is 0.571. The molecular formula is C14H24N2. The van der Waals surface area contributed by atoms with Crippen LogP contribution in [0, 0.1) is 0 Å². The van der Waals surface area contributed by atoms with Gasteiger partial charge < -0.3 is 11.1 Å². The van der Waals surface area contributed by atoms with E-state index in [1.807, 2.05) is 14.0 Å². The summed E-state index contributed by atoms with van der Waals surface area (Å²) in [5.74, 6) is 0.636. The third-order valence-electron chi connectivity index (χ3n) is 3.31. The highest BCUT2D eigenvalue weighted by Crippen LogP contribution is 2.22. The van der Waals surface area contributed by atoms with Gasteiger partial charge in [0.25, 0.3) is 0 Å². The highest BCUT2D eigenvalue weighted by molar-refractivity contribution is 5.27. The molecule has 3 atom stereocenters. The van der Waals surface area contributed by atoms with Crippen LogP contribution in [0.4, 0.5) is 0 Å². The minimum atomic E-state index is 0.124. The highest BCUT2D eigenvalue weighted by Gasteiger charge is 2.13. The molecule has 0 aromatic heterocycles. The molecule has 0 bridgehead atoms. The van der Waals surface area contributed by atoms with Gasteiger partial charge in [-0.3, -0.25) is 0 Å². The molecule has 3 N–H and O–H groups in total.